The van der Waals surface area contributed by atoms with Gasteiger partial charge in [0.05, 0.1) is 5.57 Å². The van der Waals surface area contributed by atoms with Gasteiger partial charge >= 0.3 is 0 Å². The van der Waals surface area contributed by atoms with Crippen LogP contribution in [0.3, 0.4) is 0 Å². The Morgan fingerprint density at radius 2 is 1.63 bits per heavy atom. The van der Waals surface area contributed by atoms with E-state index in [1.54, 1.807) is 54.7 Å². The number of hydrogen-bond acceptors (Lipinski definition) is 5. The lowest BCUT2D eigenvalue weighted by molar-refractivity contribution is -0.114. The zero-order chi connectivity index (χ0) is 21.5. The van der Waals surface area contributed by atoms with Crippen molar-refractivity contribution < 1.29 is 14.4 Å². The number of carbonyl (C=O) groups is 3. The first-order valence-electron chi connectivity index (χ1n) is 10.1. The van der Waals surface area contributed by atoms with Crippen molar-refractivity contribution in [3.05, 3.63) is 71.4 Å². The summed E-state index contributed by atoms with van der Waals surface area (Å²) in [4.78, 5) is 38.7. The maximum atomic E-state index is 12.3. The third-order valence-electron chi connectivity index (χ3n) is 5.07. The fraction of sp³-hybridized carbons (Fsp3) is 0.261. The lowest BCUT2D eigenvalue weighted by Crippen LogP contribution is -2.36. The van der Waals surface area contributed by atoms with Gasteiger partial charge in [-0.3, -0.25) is 19.7 Å². The average molecular weight is 406 g/mol. The Balaban J connectivity index is 1.63. The van der Waals surface area contributed by atoms with E-state index < -0.39 is 11.8 Å². The molecule has 7 heteroatoms. The SMILES string of the molecule is CCN(CC)CCNC(=O)c1ccc(NC=C2C(=O)NC(=O)c3ccccc32)cc1. The van der Waals surface area contributed by atoms with Crippen LogP contribution in [-0.2, 0) is 4.79 Å². The molecule has 3 amide bonds. The van der Waals surface area contributed by atoms with Crippen LogP contribution >= 0.6 is 0 Å². The summed E-state index contributed by atoms with van der Waals surface area (Å²) < 4.78 is 0. The van der Waals surface area contributed by atoms with E-state index in [1.807, 2.05) is 0 Å². The molecule has 3 rings (SSSR count). The van der Waals surface area contributed by atoms with Gasteiger partial charge in [0.25, 0.3) is 17.7 Å². The minimum atomic E-state index is -0.449. The molecule has 0 radical (unpaired) electrons. The third kappa shape index (κ3) is 4.93. The standard InChI is InChI=1S/C23H26N4O3/c1-3-27(4-2)14-13-24-21(28)16-9-11-17(12-10-16)25-15-20-18-7-5-6-8-19(18)22(29)26-23(20)30/h5-12,15,25H,3-4,13-14H2,1-2H3,(H,24,28)(H,26,29,30). The Labute approximate surface area is 176 Å². The summed E-state index contributed by atoms with van der Waals surface area (Å²) in [7, 11) is 0. The average Bonchev–Trinajstić information content (AvgIpc) is 2.77. The van der Waals surface area contributed by atoms with Crippen LogP contribution in [0.15, 0.2) is 54.7 Å². The van der Waals surface area contributed by atoms with E-state index in [4.69, 9.17) is 0 Å². The van der Waals surface area contributed by atoms with E-state index in [0.717, 1.165) is 25.3 Å². The van der Waals surface area contributed by atoms with Crippen molar-refractivity contribution in [1.82, 2.24) is 15.5 Å². The van der Waals surface area contributed by atoms with Gasteiger partial charge in [0.1, 0.15) is 0 Å². The normalized spacial score (nSPS) is 14.4. The van der Waals surface area contributed by atoms with Gasteiger partial charge in [0.15, 0.2) is 0 Å². The lowest BCUT2D eigenvalue weighted by atomic mass is 9.96. The number of likely N-dealkylation sites (N-methyl/N-ethyl adjacent to an activating group) is 1. The van der Waals surface area contributed by atoms with Gasteiger partial charge in [-0.2, -0.15) is 0 Å². The number of imide groups is 1. The minimum Gasteiger partial charge on any atom is -0.361 e. The first-order chi connectivity index (χ1) is 14.5. The van der Waals surface area contributed by atoms with E-state index in [0.29, 0.717) is 28.8 Å². The molecule has 1 heterocycles. The number of hydrogen-bond donors (Lipinski definition) is 3. The number of rotatable bonds is 8. The van der Waals surface area contributed by atoms with Crippen LogP contribution in [0, 0.1) is 0 Å². The van der Waals surface area contributed by atoms with Crippen LogP contribution in [0.5, 0.6) is 0 Å². The highest BCUT2D eigenvalue weighted by Gasteiger charge is 2.26. The van der Waals surface area contributed by atoms with Gasteiger partial charge in [0.2, 0.25) is 0 Å². The van der Waals surface area contributed by atoms with Crippen molar-refractivity contribution in [2.75, 3.05) is 31.5 Å². The summed E-state index contributed by atoms with van der Waals surface area (Å²) in [6.45, 7) is 7.52. The predicted molar refractivity (Wildman–Crippen MR) is 117 cm³/mol. The molecule has 3 N–H and O–H groups in total. The maximum absolute atomic E-state index is 12.3. The zero-order valence-corrected chi connectivity index (χ0v) is 17.2. The largest absolute Gasteiger partial charge is 0.361 e. The van der Waals surface area contributed by atoms with E-state index in [1.165, 1.54) is 0 Å². The minimum absolute atomic E-state index is 0.119. The molecule has 0 aromatic heterocycles. The number of nitrogens with zero attached hydrogens (tertiary/aromatic N) is 1. The van der Waals surface area contributed by atoms with Crippen LogP contribution in [-0.4, -0.2) is 48.8 Å². The van der Waals surface area contributed by atoms with Gasteiger partial charge in [-0.05, 0) is 43.4 Å². The van der Waals surface area contributed by atoms with E-state index in [9.17, 15) is 14.4 Å². The highest BCUT2D eigenvalue weighted by atomic mass is 16.2. The second-order valence-corrected chi connectivity index (χ2v) is 6.89. The second-order valence-electron chi connectivity index (χ2n) is 6.89. The summed E-state index contributed by atoms with van der Waals surface area (Å²) in [6.07, 6.45) is 1.57. The first kappa shape index (κ1) is 21.3. The molecule has 1 aliphatic rings. The summed E-state index contributed by atoms with van der Waals surface area (Å²) in [5.41, 5.74) is 2.72. The molecule has 30 heavy (non-hydrogen) atoms. The van der Waals surface area contributed by atoms with Crippen LogP contribution in [0.4, 0.5) is 5.69 Å². The Morgan fingerprint density at radius 3 is 2.30 bits per heavy atom. The summed E-state index contributed by atoms with van der Waals surface area (Å²) in [6, 6.07) is 14.0. The van der Waals surface area contributed by atoms with E-state index in [2.05, 4.69) is 34.7 Å². The van der Waals surface area contributed by atoms with Crippen LogP contribution in [0.2, 0.25) is 0 Å². The fourth-order valence-electron chi connectivity index (χ4n) is 3.26. The summed E-state index contributed by atoms with van der Waals surface area (Å²) >= 11 is 0. The van der Waals surface area contributed by atoms with Gasteiger partial charge in [0, 0.05) is 41.7 Å². The van der Waals surface area contributed by atoms with Gasteiger partial charge in [-0.1, -0.05) is 32.0 Å². The summed E-state index contributed by atoms with van der Waals surface area (Å²) in [5.74, 6) is -0.967. The quantitative estimate of drug-likeness (QED) is 0.463. The molecule has 0 spiro atoms. The Hall–Kier alpha value is -3.45. The Morgan fingerprint density at radius 1 is 0.967 bits per heavy atom. The van der Waals surface area contributed by atoms with Crippen molar-refractivity contribution in [1.29, 1.82) is 0 Å². The predicted octanol–water partition coefficient (Wildman–Crippen LogP) is 2.48. The lowest BCUT2D eigenvalue weighted by Gasteiger charge is -2.18. The molecule has 0 unspecified atom stereocenters. The Bertz CT molecular complexity index is 963. The van der Waals surface area contributed by atoms with Crippen molar-refractivity contribution in [3.8, 4) is 0 Å². The van der Waals surface area contributed by atoms with Gasteiger partial charge < -0.3 is 15.5 Å². The molecule has 0 aliphatic carbocycles. The molecule has 0 saturated heterocycles. The number of nitrogens with one attached hydrogen (secondary N) is 3. The second kappa shape index (κ2) is 9.84. The fourth-order valence-corrected chi connectivity index (χ4v) is 3.26. The van der Waals surface area contributed by atoms with Gasteiger partial charge in [-0.25, -0.2) is 0 Å². The van der Waals surface area contributed by atoms with Gasteiger partial charge in [-0.15, -0.1) is 0 Å². The molecule has 0 saturated carbocycles. The zero-order valence-electron chi connectivity index (χ0n) is 17.2. The number of carbonyl (C=O) groups excluding carboxylic acids is 3. The molecular weight excluding hydrogens is 380 g/mol. The van der Waals surface area contributed by atoms with Crippen LogP contribution in [0.1, 0.15) is 40.1 Å². The number of amides is 3. The molecule has 156 valence electrons. The molecule has 0 fully saturated rings. The molecule has 7 nitrogen and oxygen atoms in total. The van der Waals surface area contributed by atoms with Crippen molar-refractivity contribution in [2.45, 2.75) is 13.8 Å². The molecule has 0 bridgehead atoms. The van der Waals surface area contributed by atoms with Crippen LogP contribution in [0.25, 0.3) is 5.57 Å². The van der Waals surface area contributed by atoms with Crippen molar-refractivity contribution in [3.63, 3.8) is 0 Å². The Kier molecular flexibility index (Phi) is 6.98. The number of benzene rings is 2. The first-order valence-corrected chi connectivity index (χ1v) is 10.1. The molecular formula is C23H26N4O3. The maximum Gasteiger partial charge on any atom is 0.260 e. The number of anilines is 1. The highest BCUT2D eigenvalue weighted by molar-refractivity contribution is 6.31. The van der Waals surface area contributed by atoms with Crippen LogP contribution < -0.4 is 16.0 Å². The monoisotopic (exact) mass is 406 g/mol. The topological polar surface area (TPSA) is 90.5 Å². The summed E-state index contributed by atoms with van der Waals surface area (Å²) in [5, 5.41) is 8.33. The van der Waals surface area contributed by atoms with Crippen molar-refractivity contribution in [2.24, 2.45) is 0 Å². The number of fused-ring (bicyclic) bond motifs is 1. The van der Waals surface area contributed by atoms with Crippen molar-refractivity contribution >= 4 is 29.0 Å². The highest BCUT2D eigenvalue weighted by Crippen LogP contribution is 2.24. The molecule has 2 aromatic rings. The molecule has 0 atom stereocenters. The van der Waals surface area contributed by atoms with E-state index >= 15 is 0 Å². The molecule has 2 aromatic carbocycles. The third-order valence-corrected chi connectivity index (χ3v) is 5.07. The van der Waals surface area contributed by atoms with E-state index in [-0.39, 0.29) is 5.91 Å². The smallest absolute Gasteiger partial charge is 0.260 e. The molecule has 1 aliphatic heterocycles.